The Morgan fingerprint density at radius 3 is 2.05 bits per heavy atom. The van der Waals surface area contributed by atoms with Crippen LogP contribution in [-0.4, -0.2) is 34.6 Å². The van der Waals surface area contributed by atoms with E-state index in [0.29, 0.717) is 12.8 Å². The Balaban J connectivity index is 1.81. The first-order chi connectivity index (χ1) is 9.01. The molecule has 3 aliphatic rings. The molecule has 1 unspecified atom stereocenters. The summed E-state index contributed by atoms with van der Waals surface area (Å²) in [5, 5.41) is 2.14. The molecule has 2 heterocycles. The minimum atomic E-state index is -0.925. The number of piperidine rings is 1. The van der Waals surface area contributed by atoms with Gasteiger partial charge in [0.1, 0.15) is 6.04 Å². The van der Waals surface area contributed by atoms with Gasteiger partial charge in [-0.2, -0.15) is 0 Å². The Morgan fingerprint density at radius 1 is 1.00 bits per heavy atom. The van der Waals surface area contributed by atoms with Crippen LogP contribution in [0.1, 0.15) is 44.9 Å². The van der Waals surface area contributed by atoms with Crippen molar-refractivity contribution in [3.05, 3.63) is 0 Å². The third kappa shape index (κ3) is 1.95. The zero-order chi connectivity index (χ0) is 13.6. The van der Waals surface area contributed by atoms with Crippen molar-refractivity contribution < 1.29 is 19.2 Å². The van der Waals surface area contributed by atoms with Crippen molar-refractivity contribution in [3.63, 3.8) is 0 Å². The number of nitrogens with one attached hydrogen (secondary N) is 1. The monoisotopic (exact) mass is 264 g/mol. The van der Waals surface area contributed by atoms with Gasteiger partial charge >= 0.3 is 0 Å². The number of hydrogen-bond donors (Lipinski definition) is 1. The van der Waals surface area contributed by atoms with Gasteiger partial charge in [-0.25, -0.2) is 0 Å². The number of carbonyl (C=O) groups is 4. The molecule has 6 nitrogen and oxygen atoms in total. The fourth-order valence-electron chi connectivity index (χ4n) is 3.59. The highest BCUT2D eigenvalue weighted by atomic mass is 16.2. The summed E-state index contributed by atoms with van der Waals surface area (Å²) < 4.78 is 0. The van der Waals surface area contributed by atoms with Crippen molar-refractivity contribution in [1.82, 2.24) is 10.2 Å². The quantitative estimate of drug-likeness (QED) is 0.681. The lowest BCUT2D eigenvalue weighted by atomic mass is 9.76. The Bertz CT molecular complexity index is 459. The molecule has 1 atom stereocenters. The standard InChI is InChI=1S/C13H16N2O4/c16-9-5-8(12(19)14-9)15-10(17)6-13(7-11(15)18)3-1-2-4-13/h8H,1-7H2,(H,14,16,19). The largest absolute Gasteiger partial charge is 0.295 e. The molecule has 0 bridgehead atoms. The number of rotatable bonds is 1. The van der Waals surface area contributed by atoms with Crippen LogP contribution in [0.2, 0.25) is 0 Å². The molecule has 1 aliphatic carbocycles. The molecule has 3 rings (SSSR count). The lowest BCUT2D eigenvalue weighted by Crippen LogP contribution is -2.53. The summed E-state index contributed by atoms with van der Waals surface area (Å²) in [7, 11) is 0. The van der Waals surface area contributed by atoms with Crippen LogP contribution >= 0.6 is 0 Å². The average Bonchev–Trinajstić information content (AvgIpc) is 2.86. The molecule has 3 fully saturated rings. The van der Waals surface area contributed by atoms with E-state index in [4.69, 9.17) is 0 Å². The van der Waals surface area contributed by atoms with Gasteiger partial charge in [0.2, 0.25) is 23.6 Å². The fourth-order valence-corrected chi connectivity index (χ4v) is 3.59. The van der Waals surface area contributed by atoms with E-state index in [-0.39, 0.29) is 23.7 Å². The second kappa shape index (κ2) is 4.15. The van der Waals surface area contributed by atoms with Crippen LogP contribution in [0.5, 0.6) is 0 Å². The van der Waals surface area contributed by atoms with E-state index >= 15 is 0 Å². The minimum Gasteiger partial charge on any atom is -0.295 e. The first-order valence-corrected chi connectivity index (χ1v) is 6.69. The molecule has 0 aromatic heterocycles. The second-order valence-corrected chi connectivity index (χ2v) is 5.85. The van der Waals surface area contributed by atoms with Crippen LogP contribution < -0.4 is 5.32 Å². The second-order valence-electron chi connectivity index (χ2n) is 5.85. The first kappa shape index (κ1) is 12.3. The number of likely N-dealkylation sites (tertiary alicyclic amines) is 1. The molecule has 19 heavy (non-hydrogen) atoms. The molecule has 102 valence electrons. The third-order valence-corrected chi connectivity index (χ3v) is 4.51. The number of imide groups is 2. The lowest BCUT2D eigenvalue weighted by molar-refractivity contribution is -0.158. The average molecular weight is 264 g/mol. The predicted octanol–water partition coefficient (Wildman–Crippen LogP) is 0.111. The van der Waals surface area contributed by atoms with Gasteiger partial charge in [0, 0.05) is 12.8 Å². The van der Waals surface area contributed by atoms with E-state index in [1.54, 1.807) is 0 Å². The highest BCUT2D eigenvalue weighted by Gasteiger charge is 2.49. The van der Waals surface area contributed by atoms with Gasteiger partial charge in [0.05, 0.1) is 6.42 Å². The third-order valence-electron chi connectivity index (χ3n) is 4.51. The molecule has 1 saturated carbocycles. The van der Waals surface area contributed by atoms with E-state index < -0.39 is 17.9 Å². The van der Waals surface area contributed by atoms with E-state index in [9.17, 15) is 19.2 Å². The summed E-state index contributed by atoms with van der Waals surface area (Å²) >= 11 is 0. The normalized spacial score (nSPS) is 30.3. The van der Waals surface area contributed by atoms with Gasteiger partial charge in [-0.05, 0) is 18.3 Å². The molecule has 6 heteroatoms. The van der Waals surface area contributed by atoms with E-state index in [1.807, 2.05) is 0 Å². The number of amides is 4. The molecule has 2 saturated heterocycles. The maximum Gasteiger partial charge on any atom is 0.250 e. The van der Waals surface area contributed by atoms with Crippen molar-refractivity contribution in [2.75, 3.05) is 0 Å². The van der Waals surface area contributed by atoms with Crippen molar-refractivity contribution >= 4 is 23.6 Å². The van der Waals surface area contributed by atoms with Crippen molar-refractivity contribution in [3.8, 4) is 0 Å². The molecule has 0 aromatic carbocycles. The maximum absolute atomic E-state index is 12.2. The molecule has 2 aliphatic heterocycles. The van der Waals surface area contributed by atoms with Gasteiger partial charge in [-0.3, -0.25) is 29.4 Å². The Hall–Kier alpha value is -1.72. The summed E-state index contributed by atoms with van der Waals surface area (Å²) in [6, 6.07) is -0.925. The molecule has 0 radical (unpaired) electrons. The Labute approximate surface area is 110 Å². The molecular weight excluding hydrogens is 248 g/mol. The van der Waals surface area contributed by atoms with Gasteiger partial charge < -0.3 is 0 Å². The van der Waals surface area contributed by atoms with Crippen molar-refractivity contribution in [2.45, 2.75) is 51.0 Å². The SMILES string of the molecule is O=C1CC(N2C(=O)CC3(CCCC3)CC2=O)C(=O)N1. The number of nitrogens with zero attached hydrogens (tertiary/aromatic N) is 1. The van der Waals surface area contributed by atoms with Gasteiger partial charge in [0.25, 0.3) is 0 Å². The molecule has 1 spiro atoms. The lowest BCUT2D eigenvalue weighted by Gasteiger charge is -2.38. The summed E-state index contributed by atoms with van der Waals surface area (Å²) in [6.07, 6.45) is 4.50. The number of hydrogen-bond acceptors (Lipinski definition) is 4. The zero-order valence-corrected chi connectivity index (χ0v) is 10.6. The first-order valence-electron chi connectivity index (χ1n) is 6.69. The predicted molar refractivity (Wildman–Crippen MR) is 63.5 cm³/mol. The van der Waals surface area contributed by atoms with Crippen LogP contribution in [0.3, 0.4) is 0 Å². The summed E-state index contributed by atoms with van der Waals surface area (Å²) in [6.45, 7) is 0. The van der Waals surface area contributed by atoms with Crippen LogP contribution in [0.15, 0.2) is 0 Å². The summed E-state index contributed by atoms with van der Waals surface area (Å²) in [4.78, 5) is 48.3. The highest BCUT2D eigenvalue weighted by molar-refractivity contribution is 6.11. The van der Waals surface area contributed by atoms with Crippen LogP contribution in [0, 0.1) is 5.41 Å². The minimum absolute atomic E-state index is 0.0939. The fraction of sp³-hybridized carbons (Fsp3) is 0.692. The van der Waals surface area contributed by atoms with E-state index in [2.05, 4.69) is 5.32 Å². The highest BCUT2D eigenvalue weighted by Crippen LogP contribution is 2.47. The van der Waals surface area contributed by atoms with Crippen LogP contribution in [0.4, 0.5) is 0 Å². The zero-order valence-electron chi connectivity index (χ0n) is 10.6. The maximum atomic E-state index is 12.2. The molecule has 4 amide bonds. The Morgan fingerprint density at radius 2 is 1.58 bits per heavy atom. The summed E-state index contributed by atoms with van der Waals surface area (Å²) in [5.74, 6) is -1.55. The van der Waals surface area contributed by atoms with E-state index in [0.717, 1.165) is 30.6 Å². The van der Waals surface area contributed by atoms with Crippen LogP contribution in [0.25, 0.3) is 0 Å². The topological polar surface area (TPSA) is 83.6 Å². The molecule has 0 aromatic rings. The molecule has 1 N–H and O–H groups in total. The number of carbonyl (C=O) groups excluding carboxylic acids is 4. The molecular formula is C13H16N2O4. The Kier molecular flexibility index (Phi) is 2.69. The summed E-state index contributed by atoms with van der Waals surface area (Å²) in [5.41, 5.74) is -0.177. The smallest absolute Gasteiger partial charge is 0.250 e. The van der Waals surface area contributed by atoms with Gasteiger partial charge in [-0.1, -0.05) is 12.8 Å². The van der Waals surface area contributed by atoms with Crippen molar-refractivity contribution in [1.29, 1.82) is 0 Å². The van der Waals surface area contributed by atoms with Gasteiger partial charge in [-0.15, -0.1) is 0 Å². The van der Waals surface area contributed by atoms with Crippen LogP contribution in [-0.2, 0) is 19.2 Å². The van der Waals surface area contributed by atoms with E-state index in [1.165, 1.54) is 0 Å². The van der Waals surface area contributed by atoms with Crippen molar-refractivity contribution in [2.24, 2.45) is 5.41 Å². The van der Waals surface area contributed by atoms with Gasteiger partial charge in [0.15, 0.2) is 0 Å².